The van der Waals surface area contributed by atoms with Crippen molar-refractivity contribution in [2.24, 2.45) is 0 Å². The summed E-state index contributed by atoms with van der Waals surface area (Å²) in [5.41, 5.74) is 3.54. The van der Waals surface area contributed by atoms with Crippen LogP contribution in [0.2, 0.25) is 0 Å². The van der Waals surface area contributed by atoms with Crippen molar-refractivity contribution in [1.82, 2.24) is 15.1 Å². The standard InChI is InChI=1S/C22H28FN3O/c1-17-4-3-5-19(14-17)15-25-10-12-26(13-11-25)16-22(27)24-18(2)20-6-8-21(23)9-7-20/h3-9,14,18H,10-13,15-16H2,1-2H3,(H,24,27). The highest BCUT2D eigenvalue weighted by Gasteiger charge is 2.20. The maximum absolute atomic E-state index is 13.0. The van der Waals surface area contributed by atoms with Gasteiger partial charge >= 0.3 is 0 Å². The van der Waals surface area contributed by atoms with Gasteiger partial charge in [0.2, 0.25) is 5.91 Å². The van der Waals surface area contributed by atoms with Crippen LogP contribution in [0.5, 0.6) is 0 Å². The Labute approximate surface area is 161 Å². The van der Waals surface area contributed by atoms with E-state index in [-0.39, 0.29) is 17.8 Å². The Bertz CT molecular complexity index is 754. The van der Waals surface area contributed by atoms with Crippen LogP contribution in [0.15, 0.2) is 48.5 Å². The summed E-state index contributed by atoms with van der Waals surface area (Å²) in [6.45, 7) is 9.13. The van der Waals surface area contributed by atoms with Gasteiger partial charge in [0.15, 0.2) is 0 Å². The van der Waals surface area contributed by atoms with E-state index in [1.807, 2.05) is 6.92 Å². The van der Waals surface area contributed by atoms with Crippen molar-refractivity contribution in [1.29, 1.82) is 0 Å². The average Bonchev–Trinajstić information content (AvgIpc) is 2.64. The second-order valence-corrected chi connectivity index (χ2v) is 7.38. The lowest BCUT2D eigenvalue weighted by atomic mass is 10.1. The first-order valence-corrected chi connectivity index (χ1v) is 9.55. The number of hydrogen-bond donors (Lipinski definition) is 1. The van der Waals surface area contributed by atoms with Gasteiger partial charge in [-0.1, -0.05) is 42.0 Å². The number of amides is 1. The molecule has 1 aliphatic heterocycles. The van der Waals surface area contributed by atoms with E-state index >= 15 is 0 Å². The molecule has 3 rings (SSSR count). The average molecular weight is 369 g/mol. The van der Waals surface area contributed by atoms with Crippen molar-refractivity contribution in [2.45, 2.75) is 26.4 Å². The Morgan fingerprint density at radius 2 is 1.74 bits per heavy atom. The number of benzene rings is 2. The second-order valence-electron chi connectivity index (χ2n) is 7.38. The van der Waals surface area contributed by atoms with Crippen LogP contribution in [-0.2, 0) is 11.3 Å². The Kier molecular flexibility index (Phi) is 6.58. The molecule has 2 aromatic carbocycles. The van der Waals surface area contributed by atoms with Crippen molar-refractivity contribution >= 4 is 5.91 Å². The van der Waals surface area contributed by atoms with Crippen molar-refractivity contribution in [3.63, 3.8) is 0 Å². The van der Waals surface area contributed by atoms with Gasteiger partial charge in [0.25, 0.3) is 0 Å². The molecule has 1 amide bonds. The van der Waals surface area contributed by atoms with Crippen LogP contribution in [-0.4, -0.2) is 48.4 Å². The Balaban J connectivity index is 1.42. The van der Waals surface area contributed by atoms with E-state index in [1.54, 1.807) is 12.1 Å². The van der Waals surface area contributed by atoms with Crippen LogP contribution >= 0.6 is 0 Å². The number of aryl methyl sites for hydroxylation is 1. The molecule has 1 aliphatic rings. The van der Waals surface area contributed by atoms with Gasteiger partial charge in [-0.2, -0.15) is 0 Å². The molecule has 1 N–H and O–H groups in total. The van der Waals surface area contributed by atoms with E-state index in [0.29, 0.717) is 6.54 Å². The highest BCUT2D eigenvalue weighted by molar-refractivity contribution is 5.78. The highest BCUT2D eigenvalue weighted by atomic mass is 19.1. The predicted molar refractivity (Wildman–Crippen MR) is 106 cm³/mol. The minimum atomic E-state index is -0.263. The summed E-state index contributed by atoms with van der Waals surface area (Å²) in [5, 5.41) is 3.00. The smallest absolute Gasteiger partial charge is 0.234 e. The van der Waals surface area contributed by atoms with E-state index < -0.39 is 0 Å². The lowest BCUT2D eigenvalue weighted by Crippen LogP contribution is -2.49. The van der Waals surface area contributed by atoms with Crippen LogP contribution in [0.1, 0.15) is 29.7 Å². The van der Waals surface area contributed by atoms with Gasteiger partial charge in [0.05, 0.1) is 12.6 Å². The van der Waals surface area contributed by atoms with Crippen LogP contribution in [0.3, 0.4) is 0 Å². The third-order valence-corrected chi connectivity index (χ3v) is 5.07. The molecular weight excluding hydrogens is 341 g/mol. The molecule has 0 radical (unpaired) electrons. The molecule has 0 bridgehead atoms. The van der Waals surface area contributed by atoms with E-state index in [9.17, 15) is 9.18 Å². The lowest BCUT2D eigenvalue weighted by molar-refractivity contribution is -0.123. The van der Waals surface area contributed by atoms with Gasteiger partial charge < -0.3 is 5.32 Å². The number of hydrogen-bond acceptors (Lipinski definition) is 3. The molecule has 0 aliphatic carbocycles. The Hall–Kier alpha value is -2.24. The number of carbonyl (C=O) groups excluding carboxylic acids is 1. The number of nitrogens with one attached hydrogen (secondary N) is 1. The van der Waals surface area contributed by atoms with Crippen LogP contribution in [0.4, 0.5) is 4.39 Å². The summed E-state index contributed by atoms with van der Waals surface area (Å²) < 4.78 is 13.0. The van der Waals surface area contributed by atoms with E-state index in [2.05, 4.69) is 46.3 Å². The van der Waals surface area contributed by atoms with Crippen molar-refractivity contribution in [2.75, 3.05) is 32.7 Å². The quantitative estimate of drug-likeness (QED) is 0.850. The van der Waals surface area contributed by atoms with Gasteiger partial charge in [0.1, 0.15) is 5.82 Å². The molecule has 1 unspecified atom stereocenters. The minimum absolute atomic E-state index is 0.0129. The van der Waals surface area contributed by atoms with Gasteiger partial charge in [-0.3, -0.25) is 14.6 Å². The first kappa shape index (κ1) is 19.5. The molecule has 0 spiro atoms. The topological polar surface area (TPSA) is 35.6 Å². The molecule has 27 heavy (non-hydrogen) atoms. The lowest BCUT2D eigenvalue weighted by Gasteiger charge is -2.34. The molecule has 1 saturated heterocycles. The summed E-state index contributed by atoms with van der Waals surface area (Å²) in [6.07, 6.45) is 0. The third-order valence-electron chi connectivity index (χ3n) is 5.07. The monoisotopic (exact) mass is 369 g/mol. The van der Waals surface area contributed by atoms with Crippen molar-refractivity contribution in [3.8, 4) is 0 Å². The summed E-state index contributed by atoms with van der Waals surface area (Å²) in [6, 6.07) is 14.8. The molecular formula is C22H28FN3O. The molecule has 2 aromatic rings. The normalized spacial score (nSPS) is 16.9. The molecule has 0 saturated carbocycles. The maximum Gasteiger partial charge on any atom is 0.234 e. The SMILES string of the molecule is Cc1cccc(CN2CCN(CC(=O)NC(C)c3ccc(F)cc3)CC2)c1. The third kappa shape index (κ3) is 5.88. The van der Waals surface area contributed by atoms with Gasteiger partial charge in [-0.15, -0.1) is 0 Å². The molecule has 1 heterocycles. The fourth-order valence-electron chi connectivity index (χ4n) is 3.50. The zero-order valence-electron chi connectivity index (χ0n) is 16.1. The first-order chi connectivity index (χ1) is 13.0. The Morgan fingerprint density at radius 1 is 1.07 bits per heavy atom. The largest absolute Gasteiger partial charge is 0.348 e. The molecule has 5 heteroatoms. The number of carbonyl (C=O) groups is 1. The fraction of sp³-hybridized carbons (Fsp3) is 0.409. The molecule has 1 atom stereocenters. The van der Waals surface area contributed by atoms with Crippen LogP contribution in [0, 0.1) is 12.7 Å². The summed E-state index contributed by atoms with van der Waals surface area (Å²) in [5.74, 6) is -0.250. The zero-order chi connectivity index (χ0) is 19.2. The predicted octanol–water partition coefficient (Wildman–Crippen LogP) is 3.13. The van der Waals surface area contributed by atoms with Crippen molar-refractivity contribution in [3.05, 3.63) is 71.0 Å². The maximum atomic E-state index is 13.0. The van der Waals surface area contributed by atoms with Crippen LogP contribution in [0.25, 0.3) is 0 Å². The van der Waals surface area contributed by atoms with Crippen molar-refractivity contribution < 1.29 is 9.18 Å². The molecule has 1 fully saturated rings. The Morgan fingerprint density at radius 3 is 2.41 bits per heavy atom. The second kappa shape index (κ2) is 9.11. The summed E-state index contributed by atoms with van der Waals surface area (Å²) in [7, 11) is 0. The van der Waals surface area contributed by atoms with E-state index in [4.69, 9.17) is 0 Å². The minimum Gasteiger partial charge on any atom is -0.348 e. The fourth-order valence-corrected chi connectivity index (χ4v) is 3.50. The van der Waals surface area contributed by atoms with Gasteiger partial charge in [-0.25, -0.2) is 4.39 Å². The number of rotatable bonds is 6. The zero-order valence-corrected chi connectivity index (χ0v) is 16.1. The van der Waals surface area contributed by atoms with Gasteiger partial charge in [0, 0.05) is 32.7 Å². The highest BCUT2D eigenvalue weighted by Crippen LogP contribution is 2.13. The number of halogens is 1. The first-order valence-electron chi connectivity index (χ1n) is 9.55. The van der Waals surface area contributed by atoms with Crippen LogP contribution < -0.4 is 5.32 Å². The molecule has 0 aromatic heterocycles. The van der Waals surface area contributed by atoms with E-state index in [0.717, 1.165) is 38.3 Å². The summed E-state index contributed by atoms with van der Waals surface area (Å²) in [4.78, 5) is 17.0. The molecule has 4 nitrogen and oxygen atoms in total. The number of piperazine rings is 1. The summed E-state index contributed by atoms with van der Waals surface area (Å²) >= 11 is 0. The van der Waals surface area contributed by atoms with Gasteiger partial charge in [-0.05, 0) is 37.1 Å². The number of nitrogens with zero attached hydrogens (tertiary/aromatic N) is 2. The molecule has 144 valence electrons. The van der Waals surface area contributed by atoms with E-state index in [1.165, 1.54) is 23.3 Å².